The van der Waals surface area contributed by atoms with Crippen LogP contribution in [0.3, 0.4) is 0 Å². The molecule has 0 saturated carbocycles. The molecule has 0 aliphatic rings. The minimum atomic E-state index is -0.911. The molecule has 17 heavy (non-hydrogen) atoms. The lowest BCUT2D eigenvalue weighted by Gasteiger charge is -2.16. The lowest BCUT2D eigenvalue weighted by molar-refractivity contribution is -0.205. The van der Waals surface area contributed by atoms with Crippen LogP contribution in [0.5, 0.6) is 0 Å². The minimum absolute atomic E-state index is 0.0490. The van der Waals surface area contributed by atoms with Crippen molar-refractivity contribution in [3.63, 3.8) is 0 Å². The number of hydrogen-bond donors (Lipinski definition) is 0. The van der Waals surface area contributed by atoms with E-state index in [0.29, 0.717) is 0 Å². The van der Waals surface area contributed by atoms with E-state index in [-0.39, 0.29) is 19.8 Å². The summed E-state index contributed by atoms with van der Waals surface area (Å²) in [5.41, 5.74) is 0. The summed E-state index contributed by atoms with van der Waals surface area (Å²) in [5.74, 6) is -1.49. The molecule has 98 valence electrons. The van der Waals surface area contributed by atoms with Gasteiger partial charge in [0.05, 0.1) is 6.61 Å². The van der Waals surface area contributed by atoms with E-state index in [1.165, 1.54) is 20.8 Å². The molecule has 0 N–H and O–H groups in total. The maximum Gasteiger partial charge on any atom is 0.304 e. The molecule has 7 heteroatoms. The molecule has 0 rings (SSSR count). The van der Waals surface area contributed by atoms with E-state index >= 15 is 0 Å². The van der Waals surface area contributed by atoms with Gasteiger partial charge in [0.25, 0.3) is 0 Å². The summed E-state index contributed by atoms with van der Waals surface area (Å²) in [6.45, 7) is 3.43. The molecule has 0 aromatic carbocycles. The molecule has 0 radical (unpaired) electrons. The lowest BCUT2D eigenvalue weighted by Crippen LogP contribution is -2.24. The lowest BCUT2D eigenvalue weighted by atomic mass is 10.4. The first kappa shape index (κ1) is 15.4. The monoisotopic (exact) mass is 248 g/mol. The Labute approximate surface area is 99.0 Å². The summed E-state index contributed by atoms with van der Waals surface area (Å²) in [6.07, 6.45) is -0.744. The number of hydrogen-bond acceptors (Lipinski definition) is 7. The van der Waals surface area contributed by atoms with Crippen LogP contribution in [0.4, 0.5) is 0 Å². The molecule has 1 unspecified atom stereocenters. The van der Waals surface area contributed by atoms with Gasteiger partial charge < -0.3 is 18.9 Å². The number of carbonyl (C=O) groups excluding carboxylic acids is 3. The van der Waals surface area contributed by atoms with E-state index in [2.05, 4.69) is 9.47 Å². The van der Waals surface area contributed by atoms with Gasteiger partial charge in [0.2, 0.25) is 6.29 Å². The molecule has 0 spiro atoms. The van der Waals surface area contributed by atoms with Gasteiger partial charge in [-0.2, -0.15) is 0 Å². The fourth-order valence-corrected chi connectivity index (χ4v) is 0.853. The van der Waals surface area contributed by atoms with E-state index in [1.807, 2.05) is 0 Å². The van der Waals surface area contributed by atoms with E-state index in [0.717, 1.165) is 0 Å². The predicted molar refractivity (Wildman–Crippen MR) is 54.5 cm³/mol. The zero-order valence-corrected chi connectivity index (χ0v) is 10.1. The van der Waals surface area contributed by atoms with E-state index in [9.17, 15) is 14.4 Å². The van der Waals surface area contributed by atoms with Crippen LogP contribution in [0.15, 0.2) is 0 Å². The van der Waals surface area contributed by atoms with Crippen molar-refractivity contribution in [2.45, 2.75) is 33.5 Å². The molecule has 0 amide bonds. The number of rotatable bonds is 7. The van der Waals surface area contributed by atoms with Crippen LogP contribution in [-0.4, -0.2) is 37.6 Å². The third-order valence-electron chi connectivity index (χ3n) is 1.47. The summed E-state index contributed by atoms with van der Waals surface area (Å²) in [6, 6.07) is 0. The highest BCUT2D eigenvalue weighted by molar-refractivity contribution is 5.66. The molecule has 0 bridgehead atoms. The van der Waals surface area contributed by atoms with Gasteiger partial charge in [-0.15, -0.1) is 0 Å². The third kappa shape index (κ3) is 10.6. The third-order valence-corrected chi connectivity index (χ3v) is 1.47. The Morgan fingerprint density at radius 3 is 2.00 bits per heavy atom. The van der Waals surface area contributed by atoms with Crippen LogP contribution in [-0.2, 0) is 33.3 Å². The number of carbonyl (C=O) groups is 3. The molecular weight excluding hydrogens is 232 g/mol. The Morgan fingerprint density at radius 1 is 0.941 bits per heavy atom. The van der Waals surface area contributed by atoms with Gasteiger partial charge in [-0.3, -0.25) is 14.4 Å². The second-order valence-electron chi connectivity index (χ2n) is 3.09. The number of ether oxygens (including phenoxy) is 4. The molecule has 0 aliphatic heterocycles. The largest absolute Gasteiger partial charge is 0.466 e. The SMILES string of the molecule is CC(=O)OCCC(OCOC(C)=O)OC(C)=O. The molecule has 0 heterocycles. The summed E-state index contributed by atoms with van der Waals surface area (Å²) in [4.78, 5) is 31.7. The second kappa shape index (κ2) is 8.51. The topological polar surface area (TPSA) is 88.1 Å². The van der Waals surface area contributed by atoms with E-state index < -0.39 is 24.2 Å². The fraction of sp³-hybridized carbons (Fsp3) is 0.700. The van der Waals surface area contributed by atoms with Gasteiger partial charge in [-0.05, 0) is 0 Å². The quantitative estimate of drug-likeness (QED) is 0.365. The van der Waals surface area contributed by atoms with Crippen molar-refractivity contribution in [3.05, 3.63) is 0 Å². The molecule has 0 fully saturated rings. The predicted octanol–water partition coefficient (Wildman–Crippen LogP) is 0.366. The fourth-order valence-electron chi connectivity index (χ4n) is 0.853. The van der Waals surface area contributed by atoms with Crippen molar-refractivity contribution in [1.29, 1.82) is 0 Å². The first-order valence-electron chi connectivity index (χ1n) is 4.97. The number of esters is 3. The van der Waals surface area contributed by atoms with Crippen LogP contribution in [0.25, 0.3) is 0 Å². The van der Waals surface area contributed by atoms with Gasteiger partial charge in [0.1, 0.15) is 0 Å². The zero-order chi connectivity index (χ0) is 13.3. The normalized spacial score (nSPS) is 11.5. The van der Waals surface area contributed by atoms with Gasteiger partial charge in [-0.25, -0.2) is 0 Å². The van der Waals surface area contributed by atoms with Crippen molar-refractivity contribution in [2.24, 2.45) is 0 Å². The highest BCUT2D eigenvalue weighted by Gasteiger charge is 2.13. The van der Waals surface area contributed by atoms with E-state index in [4.69, 9.17) is 9.47 Å². The Morgan fingerprint density at radius 2 is 1.53 bits per heavy atom. The summed E-state index contributed by atoms with van der Waals surface area (Å²) in [5, 5.41) is 0. The van der Waals surface area contributed by atoms with Crippen molar-refractivity contribution < 1.29 is 33.3 Å². The van der Waals surface area contributed by atoms with Crippen LogP contribution in [0.1, 0.15) is 27.2 Å². The van der Waals surface area contributed by atoms with E-state index in [1.54, 1.807) is 0 Å². The zero-order valence-electron chi connectivity index (χ0n) is 10.1. The molecule has 0 aliphatic carbocycles. The van der Waals surface area contributed by atoms with Crippen LogP contribution < -0.4 is 0 Å². The molecule has 0 aromatic rings. The Hall–Kier alpha value is -1.63. The van der Waals surface area contributed by atoms with Gasteiger partial charge in [0, 0.05) is 27.2 Å². The van der Waals surface area contributed by atoms with Crippen LogP contribution in [0, 0.1) is 0 Å². The van der Waals surface area contributed by atoms with Gasteiger partial charge in [-0.1, -0.05) is 0 Å². The maximum atomic E-state index is 10.7. The Balaban J connectivity index is 3.91. The van der Waals surface area contributed by atoms with Crippen molar-refractivity contribution in [1.82, 2.24) is 0 Å². The van der Waals surface area contributed by atoms with Gasteiger partial charge >= 0.3 is 17.9 Å². The standard InChI is InChI=1S/C10H16O7/c1-7(11)14-5-4-10(17-9(3)13)16-6-15-8(2)12/h10H,4-6H2,1-3H3. The summed E-state index contributed by atoms with van der Waals surface area (Å²) < 4.78 is 18.9. The Bertz CT molecular complexity index is 254. The average Bonchev–Trinajstić information content (AvgIpc) is 2.15. The summed E-state index contributed by atoms with van der Waals surface area (Å²) >= 11 is 0. The smallest absolute Gasteiger partial charge is 0.304 e. The maximum absolute atomic E-state index is 10.7. The van der Waals surface area contributed by atoms with Crippen molar-refractivity contribution >= 4 is 17.9 Å². The highest BCUT2D eigenvalue weighted by atomic mass is 16.8. The minimum Gasteiger partial charge on any atom is -0.466 e. The first-order valence-corrected chi connectivity index (χ1v) is 4.97. The molecule has 7 nitrogen and oxygen atoms in total. The Kier molecular flexibility index (Phi) is 7.70. The molecular formula is C10H16O7. The van der Waals surface area contributed by atoms with Crippen LogP contribution in [0.2, 0.25) is 0 Å². The van der Waals surface area contributed by atoms with Gasteiger partial charge in [0.15, 0.2) is 6.79 Å². The van der Waals surface area contributed by atoms with Crippen molar-refractivity contribution in [2.75, 3.05) is 13.4 Å². The average molecular weight is 248 g/mol. The van der Waals surface area contributed by atoms with Crippen LogP contribution >= 0.6 is 0 Å². The summed E-state index contributed by atoms with van der Waals surface area (Å²) in [7, 11) is 0. The molecule has 0 saturated heterocycles. The molecule has 1 atom stereocenters. The second-order valence-corrected chi connectivity index (χ2v) is 3.09. The highest BCUT2D eigenvalue weighted by Crippen LogP contribution is 2.02. The molecule has 0 aromatic heterocycles. The first-order chi connectivity index (χ1) is 7.91. The van der Waals surface area contributed by atoms with Crippen molar-refractivity contribution in [3.8, 4) is 0 Å².